The molecule has 6 aromatic rings. The number of pyridine rings is 1. The van der Waals surface area contributed by atoms with Crippen LogP contribution in [0.15, 0.2) is 97.3 Å². The van der Waals surface area contributed by atoms with Crippen molar-refractivity contribution in [2.45, 2.75) is 25.3 Å². The number of H-pyrrole nitrogens is 1. The molecular formula is C32H28N6. The molecule has 1 N–H and O–H groups in total. The van der Waals surface area contributed by atoms with Gasteiger partial charge in [0.15, 0.2) is 0 Å². The highest BCUT2D eigenvalue weighted by atomic mass is 15.1. The van der Waals surface area contributed by atoms with Crippen LogP contribution in [-0.4, -0.2) is 42.9 Å². The highest BCUT2D eigenvalue weighted by Gasteiger charge is 2.23. The Labute approximate surface area is 221 Å². The van der Waals surface area contributed by atoms with Crippen molar-refractivity contribution in [2.24, 2.45) is 0 Å². The lowest BCUT2D eigenvalue weighted by molar-refractivity contribution is 0.202. The summed E-state index contributed by atoms with van der Waals surface area (Å²) >= 11 is 0. The normalized spacial score (nSPS) is 14.8. The van der Waals surface area contributed by atoms with E-state index in [1.165, 1.54) is 5.56 Å². The number of nitrogens with one attached hydrogen (secondary N) is 1. The Bertz CT molecular complexity index is 1670. The molecule has 0 saturated carbocycles. The van der Waals surface area contributed by atoms with Crippen molar-refractivity contribution < 1.29 is 0 Å². The number of likely N-dealkylation sites (tertiary alicyclic amines) is 1. The lowest BCUT2D eigenvalue weighted by atomic mass is 9.95. The number of benzene rings is 3. The summed E-state index contributed by atoms with van der Waals surface area (Å²) < 4.78 is 0. The third-order valence-corrected chi connectivity index (χ3v) is 7.53. The topological polar surface area (TPSA) is 70.6 Å². The minimum Gasteiger partial charge on any atom is -0.342 e. The Kier molecular flexibility index (Phi) is 5.87. The number of fused-ring (bicyclic) bond motifs is 2. The van der Waals surface area contributed by atoms with Gasteiger partial charge < -0.3 is 4.98 Å². The molecule has 0 bridgehead atoms. The molecule has 6 heteroatoms. The Balaban J connectivity index is 1.08. The zero-order chi connectivity index (χ0) is 25.3. The zero-order valence-corrected chi connectivity index (χ0v) is 21.1. The van der Waals surface area contributed by atoms with E-state index < -0.39 is 0 Å². The number of hydrogen-bond acceptors (Lipinski definition) is 5. The Hall–Kier alpha value is -4.42. The van der Waals surface area contributed by atoms with Crippen LogP contribution in [0, 0.1) is 0 Å². The number of rotatable bonds is 5. The number of piperidine rings is 1. The van der Waals surface area contributed by atoms with E-state index in [-0.39, 0.29) is 0 Å². The van der Waals surface area contributed by atoms with Gasteiger partial charge in [-0.1, -0.05) is 66.7 Å². The van der Waals surface area contributed by atoms with Crippen LogP contribution < -0.4 is 0 Å². The Morgan fingerprint density at radius 2 is 1.39 bits per heavy atom. The largest absolute Gasteiger partial charge is 0.342 e. The molecule has 3 aromatic carbocycles. The van der Waals surface area contributed by atoms with Gasteiger partial charge in [0.05, 0.1) is 34.1 Å². The van der Waals surface area contributed by atoms with Gasteiger partial charge in [0, 0.05) is 29.8 Å². The van der Waals surface area contributed by atoms with Crippen molar-refractivity contribution in [2.75, 3.05) is 13.1 Å². The smallest absolute Gasteiger partial charge is 0.110 e. The van der Waals surface area contributed by atoms with Gasteiger partial charge in [-0.25, -0.2) is 15.0 Å². The molecule has 0 unspecified atom stereocenters. The molecule has 3 aromatic heterocycles. The number of nitrogens with zero attached hydrogens (tertiary/aromatic N) is 5. The predicted octanol–water partition coefficient (Wildman–Crippen LogP) is 6.61. The molecule has 7 rings (SSSR count). The van der Waals surface area contributed by atoms with Crippen LogP contribution >= 0.6 is 0 Å². The SMILES string of the molecule is c1ccc(-c2nc3cnccc3nc2-c2ccc(CN3CCC(c4nc5ccccc5[nH]4)CC3)cc2)cc1. The highest BCUT2D eigenvalue weighted by molar-refractivity contribution is 5.85. The average molecular weight is 497 g/mol. The maximum absolute atomic E-state index is 5.00. The number of aromatic amines is 1. The first kappa shape index (κ1) is 22.8. The maximum Gasteiger partial charge on any atom is 0.110 e. The van der Waals surface area contributed by atoms with Gasteiger partial charge in [0.25, 0.3) is 0 Å². The minimum atomic E-state index is 0.499. The fourth-order valence-corrected chi connectivity index (χ4v) is 5.46. The summed E-state index contributed by atoms with van der Waals surface area (Å²) in [6.45, 7) is 3.10. The molecule has 38 heavy (non-hydrogen) atoms. The van der Waals surface area contributed by atoms with Crippen molar-refractivity contribution in [3.63, 3.8) is 0 Å². The summed E-state index contributed by atoms with van der Waals surface area (Å²) in [5, 5.41) is 0. The van der Waals surface area contributed by atoms with E-state index in [0.717, 1.165) is 82.9 Å². The third kappa shape index (κ3) is 4.44. The molecule has 1 aliphatic heterocycles. The number of imidazole rings is 1. The van der Waals surface area contributed by atoms with Crippen molar-refractivity contribution in [3.8, 4) is 22.5 Å². The number of para-hydroxylation sites is 2. The van der Waals surface area contributed by atoms with Crippen LogP contribution in [0.25, 0.3) is 44.6 Å². The first-order chi connectivity index (χ1) is 18.8. The summed E-state index contributed by atoms with van der Waals surface area (Å²) in [5.74, 6) is 1.64. The van der Waals surface area contributed by atoms with Gasteiger partial charge in [-0.15, -0.1) is 0 Å². The average Bonchev–Trinajstić information content (AvgIpc) is 3.42. The second-order valence-electron chi connectivity index (χ2n) is 10.0. The lowest BCUT2D eigenvalue weighted by Gasteiger charge is -2.31. The van der Waals surface area contributed by atoms with Gasteiger partial charge in [0.1, 0.15) is 11.3 Å². The molecule has 1 saturated heterocycles. The first-order valence-corrected chi connectivity index (χ1v) is 13.2. The van der Waals surface area contributed by atoms with Crippen molar-refractivity contribution >= 4 is 22.1 Å². The molecule has 4 heterocycles. The Morgan fingerprint density at radius 3 is 2.18 bits per heavy atom. The molecular weight excluding hydrogens is 468 g/mol. The standard InChI is InChI=1S/C32H28N6/c1-2-6-23(7-3-1)30-31(34-28-14-17-33-20-29(28)35-30)24-12-10-22(11-13-24)21-38-18-15-25(16-19-38)32-36-26-8-4-5-9-27(26)37-32/h1-14,17,20,25H,15-16,18-19,21H2,(H,36,37). The summed E-state index contributed by atoms with van der Waals surface area (Å²) in [5.41, 5.74) is 9.07. The van der Waals surface area contributed by atoms with Crippen LogP contribution in [0.4, 0.5) is 0 Å². The number of aromatic nitrogens is 5. The molecule has 1 fully saturated rings. The second kappa shape index (κ2) is 9.80. The van der Waals surface area contributed by atoms with Crippen LogP contribution in [0.5, 0.6) is 0 Å². The Morgan fingerprint density at radius 1 is 0.684 bits per heavy atom. The predicted molar refractivity (Wildman–Crippen MR) is 152 cm³/mol. The van der Waals surface area contributed by atoms with Gasteiger partial charge in [-0.2, -0.15) is 0 Å². The van der Waals surface area contributed by atoms with E-state index in [4.69, 9.17) is 15.0 Å². The zero-order valence-electron chi connectivity index (χ0n) is 21.1. The summed E-state index contributed by atoms with van der Waals surface area (Å²) in [4.78, 5) is 25.1. The molecule has 186 valence electrons. The van der Waals surface area contributed by atoms with E-state index in [1.807, 2.05) is 30.3 Å². The van der Waals surface area contributed by atoms with Crippen molar-refractivity contribution in [1.29, 1.82) is 0 Å². The molecule has 0 spiro atoms. The van der Waals surface area contributed by atoms with E-state index in [1.54, 1.807) is 12.4 Å². The maximum atomic E-state index is 5.00. The molecule has 6 nitrogen and oxygen atoms in total. The van der Waals surface area contributed by atoms with Crippen LogP contribution in [0.2, 0.25) is 0 Å². The molecule has 0 amide bonds. The molecule has 0 atom stereocenters. The third-order valence-electron chi connectivity index (χ3n) is 7.53. The molecule has 0 aliphatic carbocycles. The van der Waals surface area contributed by atoms with Crippen LogP contribution in [0.3, 0.4) is 0 Å². The molecule has 1 aliphatic rings. The molecule has 0 radical (unpaired) electrons. The minimum absolute atomic E-state index is 0.499. The van der Waals surface area contributed by atoms with Gasteiger partial charge in [0.2, 0.25) is 0 Å². The second-order valence-corrected chi connectivity index (χ2v) is 10.0. The van der Waals surface area contributed by atoms with E-state index in [2.05, 4.69) is 69.5 Å². The van der Waals surface area contributed by atoms with E-state index in [9.17, 15) is 0 Å². The van der Waals surface area contributed by atoms with Gasteiger partial charge in [-0.05, 0) is 49.7 Å². The quantitative estimate of drug-likeness (QED) is 0.291. The number of hydrogen-bond donors (Lipinski definition) is 1. The van der Waals surface area contributed by atoms with Crippen molar-refractivity contribution in [3.05, 3.63) is 109 Å². The summed E-state index contributed by atoms with van der Waals surface area (Å²) in [6, 6.07) is 29.3. The fourth-order valence-electron chi connectivity index (χ4n) is 5.46. The van der Waals surface area contributed by atoms with Crippen LogP contribution in [-0.2, 0) is 6.54 Å². The van der Waals surface area contributed by atoms with E-state index in [0.29, 0.717) is 5.92 Å². The van der Waals surface area contributed by atoms with Gasteiger partial charge in [-0.3, -0.25) is 9.88 Å². The highest BCUT2D eigenvalue weighted by Crippen LogP contribution is 2.32. The van der Waals surface area contributed by atoms with Gasteiger partial charge >= 0.3 is 0 Å². The fraction of sp³-hybridized carbons (Fsp3) is 0.188. The van der Waals surface area contributed by atoms with Crippen molar-refractivity contribution in [1.82, 2.24) is 29.8 Å². The van der Waals surface area contributed by atoms with Crippen LogP contribution in [0.1, 0.15) is 30.1 Å². The summed E-state index contributed by atoms with van der Waals surface area (Å²) in [7, 11) is 0. The monoisotopic (exact) mass is 496 g/mol. The lowest BCUT2D eigenvalue weighted by Crippen LogP contribution is -2.32. The summed E-state index contributed by atoms with van der Waals surface area (Å²) in [6.07, 6.45) is 5.79. The first-order valence-electron chi connectivity index (χ1n) is 13.2. The van der Waals surface area contributed by atoms with E-state index >= 15 is 0 Å².